The second-order valence-corrected chi connectivity index (χ2v) is 7.94. The Morgan fingerprint density at radius 3 is 2.60 bits per heavy atom. The second kappa shape index (κ2) is 10.5. The number of aliphatic imine (C=N–C) groups is 1. The maximum Gasteiger partial charge on any atom is 0.338 e. The van der Waals surface area contributed by atoms with Gasteiger partial charge in [0, 0.05) is 22.0 Å². The van der Waals surface area contributed by atoms with Crippen molar-refractivity contribution >= 4 is 34.5 Å². The highest BCUT2D eigenvalue weighted by molar-refractivity contribution is 8.13. The molecule has 1 atom stereocenters. The smallest absolute Gasteiger partial charge is 0.338 e. The minimum Gasteiger partial charge on any atom is -0.494 e. The summed E-state index contributed by atoms with van der Waals surface area (Å²) in [6.07, 6.45) is 0. The number of carbonyl (C=O) groups excluding carboxylic acids is 1. The molecule has 7 heteroatoms. The molecule has 5 nitrogen and oxygen atoms in total. The number of hydrogen-bond donors (Lipinski definition) is 1. The topological polar surface area (TPSA) is 59.9 Å². The number of nitrogens with one attached hydrogen (secondary N) is 1. The molecule has 0 saturated heterocycles. The molecule has 1 N–H and O–H groups in total. The van der Waals surface area contributed by atoms with Gasteiger partial charge in [-0.15, -0.1) is 0 Å². The van der Waals surface area contributed by atoms with Crippen LogP contribution in [0.15, 0.2) is 64.8 Å². The van der Waals surface area contributed by atoms with Gasteiger partial charge in [-0.1, -0.05) is 59.8 Å². The molecule has 0 unspecified atom stereocenters. The molecule has 1 heterocycles. The van der Waals surface area contributed by atoms with Crippen molar-refractivity contribution in [2.24, 2.45) is 4.99 Å². The van der Waals surface area contributed by atoms with E-state index >= 15 is 0 Å². The van der Waals surface area contributed by atoms with Crippen LogP contribution in [-0.4, -0.2) is 24.4 Å². The standard InChI is InChI=1S/C23H25ClN2O3S/c1-4-28-19-13-9-7-11-17(19)21-20(22(27)29-5-2)15(3)25-23(26-21)30-14-16-10-6-8-12-18(16)24/h6-13,21H,4-5,14H2,1-3H3,(H,25,26)/t21-/m0/s1. The van der Waals surface area contributed by atoms with Crippen LogP contribution in [0, 0.1) is 0 Å². The largest absolute Gasteiger partial charge is 0.494 e. The third-order valence-electron chi connectivity index (χ3n) is 4.55. The average molecular weight is 445 g/mol. The maximum atomic E-state index is 12.7. The Kier molecular flexibility index (Phi) is 7.82. The summed E-state index contributed by atoms with van der Waals surface area (Å²) >= 11 is 7.83. The second-order valence-electron chi connectivity index (χ2n) is 6.57. The zero-order valence-corrected chi connectivity index (χ0v) is 18.8. The number of nitrogens with zero attached hydrogens (tertiary/aromatic N) is 1. The molecule has 0 saturated carbocycles. The number of ether oxygens (including phenoxy) is 2. The van der Waals surface area contributed by atoms with Crippen molar-refractivity contribution in [3.8, 4) is 5.75 Å². The highest BCUT2D eigenvalue weighted by Crippen LogP contribution is 2.38. The summed E-state index contributed by atoms with van der Waals surface area (Å²) in [5, 5.41) is 4.70. The van der Waals surface area contributed by atoms with E-state index in [4.69, 9.17) is 26.1 Å². The third kappa shape index (κ3) is 5.18. The van der Waals surface area contributed by atoms with Gasteiger partial charge in [-0.05, 0) is 38.5 Å². The lowest BCUT2D eigenvalue weighted by molar-refractivity contribution is -0.138. The molecule has 1 aliphatic rings. The van der Waals surface area contributed by atoms with Gasteiger partial charge in [-0.25, -0.2) is 9.79 Å². The van der Waals surface area contributed by atoms with E-state index in [2.05, 4.69) is 5.32 Å². The molecule has 0 spiro atoms. The van der Waals surface area contributed by atoms with Crippen LogP contribution in [0.25, 0.3) is 0 Å². The number of amidine groups is 1. The average Bonchev–Trinajstić information content (AvgIpc) is 2.73. The number of rotatable bonds is 7. The molecule has 30 heavy (non-hydrogen) atoms. The summed E-state index contributed by atoms with van der Waals surface area (Å²) in [5.74, 6) is 0.992. The molecule has 0 aliphatic carbocycles. The number of thioether (sulfide) groups is 1. The molecule has 3 rings (SSSR count). The summed E-state index contributed by atoms with van der Waals surface area (Å²) in [7, 11) is 0. The predicted molar refractivity (Wildman–Crippen MR) is 123 cm³/mol. The quantitative estimate of drug-likeness (QED) is 0.570. The Bertz CT molecular complexity index is 974. The molecule has 0 bridgehead atoms. The number of halogens is 1. The molecule has 0 radical (unpaired) electrons. The minimum absolute atomic E-state index is 0.299. The first kappa shape index (κ1) is 22.2. The van der Waals surface area contributed by atoms with Crippen molar-refractivity contribution in [1.29, 1.82) is 0 Å². The Morgan fingerprint density at radius 1 is 1.13 bits per heavy atom. The highest BCUT2D eigenvalue weighted by atomic mass is 35.5. The number of hydrogen-bond acceptors (Lipinski definition) is 6. The van der Waals surface area contributed by atoms with Crippen LogP contribution in [0.3, 0.4) is 0 Å². The van der Waals surface area contributed by atoms with Crippen LogP contribution < -0.4 is 10.1 Å². The fourth-order valence-electron chi connectivity index (χ4n) is 3.17. The fourth-order valence-corrected chi connectivity index (χ4v) is 4.40. The van der Waals surface area contributed by atoms with Crippen LogP contribution >= 0.6 is 23.4 Å². The summed E-state index contributed by atoms with van der Waals surface area (Å²) in [6.45, 7) is 6.42. The fraction of sp³-hybridized carbons (Fsp3) is 0.304. The van der Waals surface area contributed by atoms with E-state index in [-0.39, 0.29) is 5.97 Å². The Labute approximate surface area is 186 Å². The first-order valence-electron chi connectivity index (χ1n) is 9.85. The summed E-state index contributed by atoms with van der Waals surface area (Å²) in [4.78, 5) is 17.6. The molecule has 2 aromatic carbocycles. The van der Waals surface area contributed by atoms with E-state index in [1.807, 2.05) is 62.4 Å². The number of para-hydroxylation sites is 1. The van der Waals surface area contributed by atoms with E-state index < -0.39 is 6.04 Å². The van der Waals surface area contributed by atoms with Crippen LogP contribution in [0.1, 0.15) is 37.9 Å². The van der Waals surface area contributed by atoms with Gasteiger partial charge in [0.05, 0.1) is 18.8 Å². The first-order valence-corrected chi connectivity index (χ1v) is 11.2. The summed E-state index contributed by atoms with van der Waals surface area (Å²) < 4.78 is 11.1. The lowest BCUT2D eigenvalue weighted by atomic mass is 9.96. The van der Waals surface area contributed by atoms with Crippen molar-refractivity contribution < 1.29 is 14.3 Å². The van der Waals surface area contributed by atoms with Crippen LogP contribution in [0.5, 0.6) is 5.75 Å². The van der Waals surface area contributed by atoms with Gasteiger partial charge in [0.1, 0.15) is 11.8 Å². The maximum absolute atomic E-state index is 12.7. The van der Waals surface area contributed by atoms with Gasteiger partial charge >= 0.3 is 5.97 Å². The molecular weight excluding hydrogens is 420 g/mol. The molecule has 1 aliphatic heterocycles. The van der Waals surface area contributed by atoms with Gasteiger partial charge in [0.15, 0.2) is 5.17 Å². The molecular formula is C23H25ClN2O3S. The molecule has 0 amide bonds. The van der Waals surface area contributed by atoms with Crippen LogP contribution in [-0.2, 0) is 15.3 Å². The first-order chi connectivity index (χ1) is 14.5. The van der Waals surface area contributed by atoms with Crippen LogP contribution in [0.4, 0.5) is 0 Å². The molecule has 2 aromatic rings. The summed E-state index contributed by atoms with van der Waals surface area (Å²) in [6, 6.07) is 14.9. The lowest BCUT2D eigenvalue weighted by Gasteiger charge is -2.27. The normalized spacial score (nSPS) is 16.0. The zero-order valence-electron chi connectivity index (χ0n) is 17.3. The predicted octanol–water partition coefficient (Wildman–Crippen LogP) is 5.51. The van der Waals surface area contributed by atoms with E-state index in [9.17, 15) is 4.79 Å². The van der Waals surface area contributed by atoms with Gasteiger partial charge < -0.3 is 14.8 Å². The number of benzene rings is 2. The van der Waals surface area contributed by atoms with E-state index in [1.54, 1.807) is 18.7 Å². The number of allylic oxidation sites excluding steroid dienone is 1. The zero-order chi connectivity index (χ0) is 21.5. The SMILES string of the molecule is CCOC(=O)C1=C(C)NC(SCc2ccccc2Cl)=N[C@H]1c1ccccc1OCC. The molecule has 0 fully saturated rings. The van der Waals surface area contributed by atoms with Gasteiger partial charge in [-0.3, -0.25) is 0 Å². The summed E-state index contributed by atoms with van der Waals surface area (Å²) in [5.41, 5.74) is 3.07. The minimum atomic E-state index is -0.512. The third-order valence-corrected chi connectivity index (χ3v) is 5.85. The van der Waals surface area contributed by atoms with E-state index in [1.165, 1.54) is 0 Å². The van der Waals surface area contributed by atoms with Crippen LogP contribution in [0.2, 0.25) is 5.02 Å². The molecule has 0 aromatic heterocycles. The lowest BCUT2D eigenvalue weighted by Crippen LogP contribution is -2.30. The number of esters is 1. The van der Waals surface area contributed by atoms with Crippen molar-refractivity contribution in [1.82, 2.24) is 5.32 Å². The van der Waals surface area contributed by atoms with E-state index in [0.29, 0.717) is 30.3 Å². The molecule has 158 valence electrons. The monoisotopic (exact) mass is 444 g/mol. The van der Waals surface area contributed by atoms with Gasteiger partial charge in [0.2, 0.25) is 0 Å². The van der Waals surface area contributed by atoms with E-state index in [0.717, 1.165) is 27.0 Å². The van der Waals surface area contributed by atoms with Crippen molar-refractivity contribution in [2.75, 3.05) is 13.2 Å². The Balaban J connectivity index is 1.95. The Hall–Kier alpha value is -2.44. The van der Waals surface area contributed by atoms with Crippen molar-refractivity contribution in [3.63, 3.8) is 0 Å². The van der Waals surface area contributed by atoms with Gasteiger partial charge in [0.25, 0.3) is 0 Å². The van der Waals surface area contributed by atoms with Gasteiger partial charge in [-0.2, -0.15) is 0 Å². The van der Waals surface area contributed by atoms with Crippen molar-refractivity contribution in [3.05, 3.63) is 76.0 Å². The van der Waals surface area contributed by atoms with Crippen molar-refractivity contribution in [2.45, 2.75) is 32.6 Å². The highest BCUT2D eigenvalue weighted by Gasteiger charge is 2.32. The number of carbonyl (C=O) groups is 1. The Morgan fingerprint density at radius 2 is 1.87 bits per heavy atom.